The number of carboxylic acid groups (broad SMARTS) is 3. The predicted molar refractivity (Wildman–Crippen MR) is 143 cm³/mol. The molecule has 1 amide bonds. The predicted octanol–water partition coefficient (Wildman–Crippen LogP) is 4.74. The molecule has 222 valence electrons. The number of carboxylic acids is 3. The third kappa shape index (κ3) is 17.3. The molecule has 0 spiro atoms. The van der Waals surface area contributed by atoms with E-state index in [9.17, 15) is 32.7 Å². The molecule has 0 saturated heterocycles. The number of nitrogens with zero attached hydrogens (tertiary/aromatic N) is 1. The Morgan fingerprint density at radius 1 is 0.632 bits per heavy atom. The Hall–Kier alpha value is -2.21. The second-order valence-corrected chi connectivity index (χ2v) is 11.5. The van der Waals surface area contributed by atoms with Crippen LogP contribution in [-0.4, -0.2) is 74.8 Å². The van der Waals surface area contributed by atoms with Crippen molar-refractivity contribution in [3.8, 4) is 0 Å². The minimum Gasteiger partial charge on any atom is -0.481 e. The zero-order chi connectivity index (χ0) is 29.0. The van der Waals surface area contributed by atoms with Crippen LogP contribution in [0, 0.1) is 0 Å². The molecule has 0 aliphatic rings. The average molecular weight is 566 g/mol. The number of amides is 1. The molecule has 0 saturated carbocycles. The standard InChI is InChI=1S/C26H47NO10S/c1-2-3-4-5-6-7-8-9-10-11-12-13-14-15-16-17-18-27(21(25(31)32)19-24(29)30)23(28)20-22(26(33)34)38(35,36)37/h21-22H,2-20H2,1H3,(H,29,30)(H,31,32)(H,33,34)(H,35,36,37)/t21-,22?/m0/s1. The molecule has 12 heteroatoms. The van der Waals surface area contributed by atoms with Crippen LogP contribution in [0.2, 0.25) is 0 Å². The van der Waals surface area contributed by atoms with Gasteiger partial charge in [-0.3, -0.25) is 18.9 Å². The summed E-state index contributed by atoms with van der Waals surface area (Å²) in [5.74, 6) is -6.21. The van der Waals surface area contributed by atoms with E-state index in [-0.39, 0.29) is 6.54 Å². The fourth-order valence-corrected chi connectivity index (χ4v) is 4.98. The lowest BCUT2D eigenvalue weighted by Gasteiger charge is -2.29. The van der Waals surface area contributed by atoms with Crippen molar-refractivity contribution in [1.29, 1.82) is 0 Å². The van der Waals surface area contributed by atoms with E-state index in [4.69, 9.17) is 14.8 Å². The molecular formula is C26H47NO10S. The van der Waals surface area contributed by atoms with Gasteiger partial charge in [0.25, 0.3) is 10.1 Å². The van der Waals surface area contributed by atoms with Gasteiger partial charge in [0.05, 0.1) is 12.8 Å². The van der Waals surface area contributed by atoms with Gasteiger partial charge in [-0.25, -0.2) is 4.79 Å². The Balaban J connectivity index is 4.47. The van der Waals surface area contributed by atoms with Crippen molar-refractivity contribution in [2.75, 3.05) is 6.54 Å². The second kappa shape index (κ2) is 20.7. The molecule has 0 aromatic carbocycles. The Morgan fingerprint density at radius 2 is 1.03 bits per heavy atom. The Labute approximate surface area is 226 Å². The first-order chi connectivity index (χ1) is 17.9. The van der Waals surface area contributed by atoms with Gasteiger partial charge in [0, 0.05) is 6.54 Å². The van der Waals surface area contributed by atoms with Crippen molar-refractivity contribution in [2.24, 2.45) is 0 Å². The minimum absolute atomic E-state index is 0.167. The molecule has 4 N–H and O–H groups in total. The molecule has 0 radical (unpaired) electrons. The number of hydrogen-bond donors (Lipinski definition) is 4. The quantitative estimate of drug-likeness (QED) is 0.0889. The Kier molecular flexibility index (Phi) is 19.5. The highest BCUT2D eigenvalue weighted by Crippen LogP contribution is 2.17. The summed E-state index contributed by atoms with van der Waals surface area (Å²) in [5, 5.41) is 25.0. The van der Waals surface area contributed by atoms with E-state index in [1.165, 1.54) is 64.2 Å². The molecule has 0 heterocycles. The molecule has 0 aromatic rings. The maximum absolute atomic E-state index is 12.7. The fourth-order valence-electron chi connectivity index (χ4n) is 4.38. The first-order valence-electron chi connectivity index (χ1n) is 13.8. The van der Waals surface area contributed by atoms with Gasteiger partial charge >= 0.3 is 17.9 Å². The van der Waals surface area contributed by atoms with Crippen LogP contribution in [0.4, 0.5) is 0 Å². The first-order valence-corrected chi connectivity index (χ1v) is 15.3. The fraction of sp³-hybridized carbons (Fsp3) is 0.846. The highest BCUT2D eigenvalue weighted by Gasteiger charge is 2.38. The van der Waals surface area contributed by atoms with E-state index >= 15 is 0 Å². The first kappa shape index (κ1) is 35.8. The second-order valence-electron chi connectivity index (χ2n) is 9.89. The van der Waals surface area contributed by atoms with Crippen LogP contribution < -0.4 is 0 Å². The lowest BCUT2D eigenvalue weighted by atomic mass is 10.0. The van der Waals surface area contributed by atoms with Gasteiger partial charge < -0.3 is 20.2 Å². The van der Waals surface area contributed by atoms with Crippen molar-refractivity contribution < 1.29 is 47.5 Å². The zero-order valence-electron chi connectivity index (χ0n) is 22.7. The van der Waals surface area contributed by atoms with Crippen LogP contribution in [0.3, 0.4) is 0 Å². The van der Waals surface area contributed by atoms with Crippen LogP contribution in [0.5, 0.6) is 0 Å². The maximum atomic E-state index is 12.7. The number of hydrogen-bond acceptors (Lipinski definition) is 6. The van der Waals surface area contributed by atoms with Crippen molar-refractivity contribution >= 4 is 33.9 Å². The third-order valence-corrected chi connectivity index (χ3v) is 7.68. The van der Waals surface area contributed by atoms with Gasteiger partial charge in [0.1, 0.15) is 6.04 Å². The molecule has 0 aliphatic carbocycles. The molecule has 0 rings (SSSR count). The van der Waals surface area contributed by atoms with Gasteiger partial charge in [-0.15, -0.1) is 0 Å². The van der Waals surface area contributed by atoms with Crippen molar-refractivity contribution in [2.45, 2.75) is 134 Å². The van der Waals surface area contributed by atoms with Crippen LogP contribution in [0.1, 0.15) is 122 Å². The van der Waals surface area contributed by atoms with E-state index in [1.807, 2.05) is 0 Å². The Bertz CT molecular complexity index is 815. The van der Waals surface area contributed by atoms with Crippen molar-refractivity contribution in [3.05, 3.63) is 0 Å². The molecule has 0 bridgehead atoms. The van der Waals surface area contributed by atoms with E-state index in [0.717, 1.165) is 25.7 Å². The normalized spacial score (nSPS) is 13.1. The summed E-state index contributed by atoms with van der Waals surface area (Å²) in [6, 6.07) is -1.79. The highest BCUT2D eigenvalue weighted by atomic mass is 32.2. The molecule has 38 heavy (non-hydrogen) atoms. The van der Waals surface area contributed by atoms with Crippen molar-refractivity contribution in [3.63, 3.8) is 0 Å². The van der Waals surface area contributed by atoms with Gasteiger partial charge in [-0.1, -0.05) is 103 Å². The lowest BCUT2D eigenvalue weighted by molar-refractivity contribution is -0.155. The molecule has 11 nitrogen and oxygen atoms in total. The molecule has 0 fully saturated rings. The van der Waals surface area contributed by atoms with Crippen LogP contribution in [-0.2, 0) is 29.3 Å². The van der Waals surface area contributed by atoms with Gasteiger partial charge in [-0.2, -0.15) is 8.42 Å². The summed E-state index contributed by atoms with van der Waals surface area (Å²) in [5.41, 5.74) is 0. The number of unbranched alkanes of at least 4 members (excludes halogenated alkanes) is 15. The average Bonchev–Trinajstić information content (AvgIpc) is 2.82. The van der Waals surface area contributed by atoms with Crippen LogP contribution >= 0.6 is 0 Å². The molecule has 2 atom stereocenters. The summed E-state index contributed by atoms with van der Waals surface area (Å²) in [4.78, 5) is 47.3. The minimum atomic E-state index is -5.12. The highest BCUT2D eigenvalue weighted by molar-refractivity contribution is 7.87. The Morgan fingerprint density at radius 3 is 1.34 bits per heavy atom. The van der Waals surface area contributed by atoms with Gasteiger partial charge in [0.2, 0.25) is 5.91 Å². The lowest BCUT2D eigenvalue weighted by Crippen LogP contribution is -2.48. The number of rotatable bonds is 25. The summed E-state index contributed by atoms with van der Waals surface area (Å²) in [7, 11) is -5.12. The topological polar surface area (TPSA) is 187 Å². The molecule has 1 unspecified atom stereocenters. The van der Waals surface area contributed by atoms with Crippen LogP contribution in [0.25, 0.3) is 0 Å². The largest absolute Gasteiger partial charge is 0.481 e. The van der Waals surface area contributed by atoms with Gasteiger partial charge in [0.15, 0.2) is 5.25 Å². The van der Waals surface area contributed by atoms with E-state index in [1.54, 1.807) is 0 Å². The SMILES string of the molecule is CCCCCCCCCCCCCCCCCCN(C(=O)CC(C(=O)O)S(=O)(=O)O)[C@@H](CC(=O)O)C(=O)O. The summed E-state index contributed by atoms with van der Waals surface area (Å²) < 4.78 is 31.8. The van der Waals surface area contributed by atoms with Crippen molar-refractivity contribution in [1.82, 2.24) is 4.90 Å². The van der Waals surface area contributed by atoms with E-state index in [2.05, 4.69) is 6.92 Å². The summed E-state index contributed by atoms with van der Waals surface area (Å²) in [6.07, 6.45) is 15.7. The van der Waals surface area contributed by atoms with Gasteiger partial charge in [-0.05, 0) is 6.42 Å². The monoisotopic (exact) mass is 565 g/mol. The summed E-state index contributed by atoms with van der Waals surface area (Å²) in [6.45, 7) is 2.05. The maximum Gasteiger partial charge on any atom is 0.327 e. The zero-order valence-corrected chi connectivity index (χ0v) is 23.5. The number of aliphatic carboxylic acids is 3. The smallest absolute Gasteiger partial charge is 0.327 e. The number of carbonyl (C=O) groups excluding carboxylic acids is 1. The number of carbonyl (C=O) groups is 4. The molecule has 0 aliphatic heterocycles. The van der Waals surface area contributed by atoms with E-state index < -0.39 is 58.1 Å². The molecule has 0 aromatic heterocycles. The van der Waals surface area contributed by atoms with E-state index in [0.29, 0.717) is 17.7 Å². The molecular weight excluding hydrogens is 518 g/mol. The van der Waals surface area contributed by atoms with Crippen LogP contribution in [0.15, 0.2) is 0 Å². The third-order valence-electron chi connectivity index (χ3n) is 6.60. The summed E-state index contributed by atoms with van der Waals surface area (Å²) >= 11 is 0.